The fourth-order valence-corrected chi connectivity index (χ4v) is 0.723. The molecule has 1 saturated heterocycles. The summed E-state index contributed by atoms with van der Waals surface area (Å²) in [6.07, 6.45) is 0.197. The molecule has 0 amide bonds. The van der Waals surface area contributed by atoms with Crippen LogP contribution in [-0.4, -0.2) is 35.0 Å². The lowest BCUT2D eigenvalue weighted by atomic mass is 10.1. The summed E-state index contributed by atoms with van der Waals surface area (Å²) < 4.78 is 4.69. The van der Waals surface area contributed by atoms with Crippen LogP contribution in [-0.2, 0) is 9.53 Å². The molecule has 1 rings (SSSR count). The number of hydrogen-bond acceptors (Lipinski definition) is 3. The largest absolute Gasteiger partial charge is 0.479 e. The zero-order valence-electron chi connectivity index (χ0n) is 4.83. The fourth-order valence-electron chi connectivity index (χ4n) is 0.723. The first-order chi connectivity index (χ1) is 4.15. The van der Waals surface area contributed by atoms with Crippen LogP contribution in [0.2, 0.25) is 0 Å². The third kappa shape index (κ3) is 1.04. The molecule has 4 heteroatoms. The maximum atomic E-state index is 10.2. The van der Waals surface area contributed by atoms with Crippen LogP contribution in [0.15, 0.2) is 0 Å². The molecule has 0 spiro atoms. The van der Waals surface area contributed by atoms with Crippen molar-refractivity contribution >= 4 is 5.97 Å². The molecule has 0 aromatic carbocycles. The van der Waals surface area contributed by atoms with Crippen LogP contribution >= 0.6 is 0 Å². The molecule has 0 bridgehead atoms. The number of carboxylic acid groups (broad SMARTS) is 1. The van der Waals surface area contributed by atoms with E-state index in [1.54, 1.807) is 0 Å². The molecule has 0 aliphatic carbocycles. The van der Waals surface area contributed by atoms with E-state index >= 15 is 0 Å². The fraction of sp³-hybridized carbons (Fsp3) is 0.800. The molecule has 0 saturated carbocycles. The van der Waals surface area contributed by atoms with Gasteiger partial charge in [0.05, 0.1) is 13.2 Å². The molecule has 52 valence electrons. The third-order valence-electron chi connectivity index (χ3n) is 1.40. The monoisotopic (exact) mass is 132 g/mol. The number of hydrogen-bond donors (Lipinski definition) is 2. The second kappa shape index (κ2) is 1.97. The molecule has 9 heavy (non-hydrogen) atoms. The Bertz CT molecular complexity index is 125. The predicted molar refractivity (Wildman–Crippen MR) is 28.0 cm³/mol. The number of rotatable bonds is 1. The Morgan fingerprint density at radius 1 is 1.67 bits per heavy atom. The summed E-state index contributed by atoms with van der Waals surface area (Å²) >= 11 is 0. The van der Waals surface area contributed by atoms with Gasteiger partial charge in [0.2, 0.25) is 0 Å². The van der Waals surface area contributed by atoms with Crippen LogP contribution in [0.1, 0.15) is 6.42 Å². The zero-order valence-corrected chi connectivity index (χ0v) is 4.83. The van der Waals surface area contributed by atoms with Crippen molar-refractivity contribution in [2.24, 2.45) is 0 Å². The van der Waals surface area contributed by atoms with Gasteiger partial charge in [-0.15, -0.1) is 0 Å². The Hall–Kier alpha value is -0.610. The molecule has 2 N–H and O–H groups in total. The summed E-state index contributed by atoms with van der Waals surface area (Å²) in [4.78, 5) is 10.2. The number of aliphatic hydroxyl groups is 1. The second-order valence-corrected chi connectivity index (χ2v) is 2.14. The number of carboxylic acids is 1. The van der Waals surface area contributed by atoms with Gasteiger partial charge in [-0.1, -0.05) is 0 Å². The van der Waals surface area contributed by atoms with E-state index in [1.807, 2.05) is 0 Å². The van der Waals surface area contributed by atoms with Crippen molar-refractivity contribution in [3.63, 3.8) is 0 Å². The lowest BCUT2D eigenvalue weighted by Gasteiger charge is -2.12. The van der Waals surface area contributed by atoms with Gasteiger partial charge in [-0.2, -0.15) is 0 Å². The number of carbonyl (C=O) groups is 1. The summed E-state index contributed by atoms with van der Waals surface area (Å²) in [5, 5.41) is 17.4. The summed E-state index contributed by atoms with van der Waals surface area (Å²) in [7, 11) is 0. The van der Waals surface area contributed by atoms with Crippen molar-refractivity contribution in [2.45, 2.75) is 12.0 Å². The molecule has 0 aromatic heterocycles. The van der Waals surface area contributed by atoms with E-state index in [0.717, 1.165) is 0 Å². The van der Waals surface area contributed by atoms with Crippen molar-refractivity contribution in [3.8, 4) is 0 Å². The summed E-state index contributed by atoms with van der Waals surface area (Å²) in [5.41, 5.74) is -1.61. The van der Waals surface area contributed by atoms with Gasteiger partial charge in [0.15, 0.2) is 5.60 Å². The molecule has 1 fully saturated rings. The lowest BCUT2D eigenvalue weighted by molar-refractivity contribution is -0.158. The predicted octanol–water partition coefficient (Wildman–Crippen LogP) is -0.778. The number of aliphatic carboxylic acids is 1. The molecule has 1 aliphatic rings. The van der Waals surface area contributed by atoms with Gasteiger partial charge >= 0.3 is 5.97 Å². The van der Waals surface area contributed by atoms with Gasteiger partial charge in [-0.05, 0) is 0 Å². The summed E-state index contributed by atoms with van der Waals surface area (Å²) in [6.45, 7) is 0.255. The average molecular weight is 132 g/mol. The maximum absolute atomic E-state index is 10.2. The van der Waals surface area contributed by atoms with Crippen LogP contribution < -0.4 is 0 Å². The molecule has 0 radical (unpaired) electrons. The van der Waals surface area contributed by atoms with Gasteiger partial charge in [0, 0.05) is 6.42 Å². The second-order valence-electron chi connectivity index (χ2n) is 2.14. The van der Waals surface area contributed by atoms with Crippen LogP contribution in [0.3, 0.4) is 0 Å². The highest BCUT2D eigenvalue weighted by Gasteiger charge is 2.39. The van der Waals surface area contributed by atoms with Crippen LogP contribution in [0.4, 0.5) is 0 Å². The molecular formula is C5H8O4. The minimum Gasteiger partial charge on any atom is -0.479 e. The Morgan fingerprint density at radius 2 is 2.33 bits per heavy atom. The zero-order chi connectivity index (χ0) is 6.91. The van der Waals surface area contributed by atoms with Crippen LogP contribution in [0.25, 0.3) is 0 Å². The van der Waals surface area contributed by atoms with Crippen molar-refractivity contribution in [3.05, 3.63) is 0 Å². The average Bonchev–Trinajstić information content (AvgIpc) is 2.16. The third-order valence-corrected chi connectivity index (χ3v) is 1.40. The maximum Gasteiger partial charge on any atom is 0.338 e. The van der Waals surface area contributed by atoms with Crippen molar-refractivity contribution < 1.29 is 19.7 Å². The molecule has 4 nitrogen and oxygen atoms in total. The molecule has 1 heterocycles. The van der Waals surface area contributed by atoms with Gasteiger partial charge in [0.1, 0.15) is 0 Å². The van der Waals surface area contributed by atoms with Gasteiger partial charge in [-0.3, -0.25) is 0 Å². The molecular weight excluding hydrogens is 124 g/mol. The van der Waals surface area contributed by atoms with Gasteiger partial charge in [-0.25, -0.2) is 4.79 Å². The smallest absolute Gasteiger partial charge is 0.338 e. The first kappa shape index (κ1) is 6.51. The van der Waals surface area contributed by atoms with E-state index < -0.39 is 11.6 Å². The minimum atomic E-state index is -1.61. The lowest BCUT2D eigenvalue weighted by Crippen LogP contribution is -2.38. The number of ether oxygens (including phenoxy) is 1. The Labute approximate surface area is 52.1 Å². The van der Waals surface area contributed by atoms with Crippen LogP contribution in [0.5, 0.6) is 0 Å². The summed E-state index contributed by atoms with van der Waals surface area (Å²) in [6, 6.07) is 0. The normalized spacial score (nSPS) is 34.8. The molecule has 1 unspecified atom stereocenters. The van der Waals surface area contributed by atoms with E-state index in [9.17, 15) is 4.79 Å². The first-order valence-corrected chi connectivity index (χ1v) is 2.69. The van der Waals surface area contributed by atoms with E-state index in [4.69, 9.17) is 14.9 Å². The molecule has 1 atom stereocenters. The SMILES string of the molecule is O=C(O)C1(O)CCOC1. The van der Waals surface area contributed by atoms with E-state index in [1.165, 1.54) is 0 Å². The minimum absolute atomic E-state index is 0.0810. The first-order valence-electron chi connectivity index (χ1n) is 2.69. The van der Waals surface area contributed by atoms with Crippen molar-refractivity contribution in [1.29, 1.82) is 0 Å². The van der Waals surface area contributed by atoms with Gasteiger partial charge in [0.25, 0.3) is 0 Å². The van der Waals surface area contributed by atoms with Gasteiger partial charge < -0.3 is 14.9 Å². The standard InChI is InChI=1S/C5H8O4/c6-4(7)5(8)1-2-9-3-5/h8H,1-3H2,(H,6,7). The van der Waals surface area contributed by atoms with Crippen molar-refractivity contribution in [2.75, 3.05) is 13.2 Å². The molecule has 1 aliphatic heterocycles. The Balaban J connectivity index is 2.61. The quantitative estimate of drug-likeness (QED) is 0.491. The van der Waals surface area contributed by atoms with E-state index in [0.29, 0.717) is 6.61 Å². The molecule has 0 aromatic rings. The Kier molecular flexibility index (Phi) is 1.42. The van der Waals surface area contributed by atoms with E-state index in [-0.39, 0.29) is 13.0 Å². The Morgan fingerprint density at radius 3 is 2.56 bits per heavy atom. The van der Waals surface area contributed by atoms with Crippen LogP contribution in [0, 0.1) is 0 Å². The highest BCUT2D eigenvalue weighted by atomic mass is 16.5. The van der Waals surface area contributed by atoms with Crippen molar-refractivity contribution in [1.82, 2.24) is 0 Å². The summed E-state index contributed by atoms with van der Waals surface area (Å²) in [5.74, 6) is -1.19. The highest BCUT2D eigenvalue weighted by Crippen LogP contribution is 2.17. The van der Waals surface area contributed by atoms with E-state index in [2.05, 4.69) is 0 Å². The topological polar surface area (TPSA) is 66.8 Å². The highest BCUT2D eigenvalue weighted by molar-refractivity contribution is 5.77.